The van der Waals surface area contributed by atoms with Gasteiger partial charge in [-0.05, 0) is 54.7 Å². The lowest BCUT2D eigenvalue weighted by Gasteiger charge is -2.25. The minimum Gasteiger partial charge on any atom is -0.457 e. The number of epoxide rings is 2. The molecule has 148 valence electrons. The van der Waals surface area contributed by atoms with Gasteiger partial charge in [0.2, 0.25) is 0 Å². The number of hydrogen-bond donors (Lipinski definition) is 0. The molecule has 2 unspecified atom stereocenters. The maximum absolute atomic E-state index is 6.32. The number of ether oxygens (including phenoxy) is 3. The molecule has 2 saturated heterocycles. The van der Waals surface area contributed by atoms with Crippen LogP contribution in [0.4, 0.5) is 5.69 Å². The summed E-state index contributed by atoms with van der Waals surface area (Å²) in [6, 6.07) is 17.0. The fourth-order valence-corrected chi connectivity index (χ4v) is 4.30. The van der Waals surface area contributed by atoms with Crippen molar-refractivity contribution >= 4 is 5.69 Å². The van der Waals surface area contributed by atoms with Gasteiger partial charge in [0.25, 0.3) is 0 Å². The normalized spacial score (nSPS) is 24.0. The first-order valence-electron chi connectivity index (χ1n) is 10.7. The molecule has 4 heteroatoms. The molecule has 2 atom stereocenters. The summed E-state index contributed by atoms with van der Waals surface area (Å²) in [7, 11) is 0. The van der Waals surface area contributed by atoms with Crippen LogP contribution in [0.3, 0.4) is 0 Å². The fourth-order valence-electron chi connectivity index (χ4n) is 4.30. The summed E-state index contributed by atoms with van der Waals surface area (Å²) in [5.41, 5.74) is 2.57. The Labute approximate surface area is 167 Å². The van der Waals surface area contributed by atoms with E-state index in [-0.39, 0.29) is 0 Å². The third-order valence-electron chi connectivity index (χ3n) is 6.05. The van der Waals surface area contributed by atoms with Crippen molar-refractivity contribution in [2.75, 3.05) is 31.2 Å². The molecule has 1 saturated carbocycles. The number of nitrogens with zero attached hydrogens (tertiary/aromatic N) is 1. The van der Waals surface area contributed by atoms with Gasteiger partial charge < -0.3 is 19.1 Å². The van der Waals surface area contributed by atoms with E-state index in [1.165, 1.54) is 43.4 Å². The van der Waals surface area contributed by atoms with E-state index in [1.807, 2.05) is 0 Å². The number of benzene rings is 2. The third-order valence-corrected chi connectivity index (χ3v) is 6.05. The summed E-state index contributed by atoms with van der Waals surface area (Å²) >= 11 is 0. The van der Waals surface area contributed by atoms with Crippen LogP contribution in [0.1, 0.15) is 43.6 Å². The van der Waals surface area contributed by atoms with Crippen LogP contribution in [-0.4, -0.2) is 38.5 Å². The predicted molar refractivity (Wildman–Crippen MR) is 110 cm³/mol. The van der Waals surface area contributed by atoms with Gasteiger partial charge in [-0.15, -0.1) is 0 Å². The van der Waals surface area contributed by atoms with Gasteiger partial charge >= 0.3 is 0 Å². The van der Waals surface area contributed by atoms with E-state index in [0.29, 0.717) is 18.1 Å². The van der Waals surface area contributed by atoms with E-state index in [2.05, 4.69) is 53.4 Å². The Kier molecular flexibility index (Phi) is 5.24. The van der Waals surface area contributed by atoms with E-state index in [1.54, 1.807) is 0 Å². The molecule has 0 amide bonds. The van der Waals surface area contributed by atoms with Crippen LogP contribution < -0.4 is 9.64 Å². The quantitative estimate of drug-likeness (QED) is 0.596. The highest BCUT2D eigenvalue weighted by atomic mass is 16.6. The molecule has 1 aliphatic carbocycles. The van der Waals surface area contributed by atoms with Gasteiger partial charge in [0.1, 0.15) is 11.5 Å². The van der Waals surface area contributed by atoms with Crippen LogP contribution in [0.15, 0.2) is 48.5 Å². The Morgan fingerprint density at radius 2 is 1.46 bits per heavy atom. The predicted octanol–water partition coefficient (Wildman–Crippen LogP) is 5.13. The molecule has 5 rings (SSSR count). The topological polar surface area (TPSA) is 37.5 Å². The summed E-state index contributed by atoms with van der Waals surface area (Å²) in [6.07, 6.45) is 7.34. The lowest BCUT2D eigenvalue weighted by molar-refractivity contribution is 0.389. The molecule has 2 aromatic rings. The maximum Gasteiger partial charge on any atom is 0.130 e. The van der Waals surface area contributed by atoms with Crippen LogP contribution in [0, 0.1) is 0 Å². The largest absolute Gasteiger partial charge is 0.457 e. The number of hydrogen-bond acceptors (Lipinski definition) is 4. The molecule has 28 heavy (non-hydrogen) atoms. The van der Waals surface area contributed by atoms with Crippen LogP contribution in [0.2, 0.25) is 0 Å². The van der Waals surface area contributed by atoms with E-state index < -0.39 is 0 Å². The molecule has 0 radical (unpaired) electrons. The van der Waals surface area contributed by atoms with Gasteiger partial charge in [-0.2, -0.15) is 0 Å². The van der Waals surface area contributed by atoms with Crippen molar-refractivity contribution in [1.29, 1.82) is 0 Å². The van der Waals surface area contributed by atoms with Gasteiger partial charge in [0, 0.05) is 18.8 Å². The Balaban J connectivity index is 1.29. The van der Waals surface area contributed by atoms with Gasteiger partial charge in [0.15, 0.2) is 0 Å². The van der Waals surface area contributed by atoms with Gasteiger partial charge in [-0.25, -0.2) is 0 Å². The van der Waals surface area contributed by atoms with Crippen molar-refractivity contribution in [2.24, 2.45) is 0 Å². The van der Waals surface area contributed by atoms with Crippen molar-refractivity contribution in [3.63, 3.8) is 0 Å². The van der Waals surface area contributed by atoms with Crippen molar-refractivity contribution in [2.45, 2.75) is 50.2 Å². The Bertz CT molecular complexity index is 763. The van der Waals surface area contributed by atoms with Gasteiger partial charge in [0.05, 0.1) is 25.4 Å². The Morgan fingerprint density at radius 3 is 2.11 bits per heavy atom. The lowest BCUT2D eigenvalue weighted by Crippen LogP contribution is -2.31. The summed E-state index contributed by atoms with van der Waals surface area (Å²) in [6.45, 7) is 3.62. The zero-order valence-electron chi connectivity index (χ0n) is 16.4. The molecule has 2 aromatic carbocycles. The first-order chi connectivity index (χ1) is 13.8. The van der Waals surface area contributed by atoms with E-state index in [4.69, 9.17) is 14.2 Å². The van der Waals surface area contributed by atoms with Crippen LogP contribution >= 0.6 is 0 Å². The average Bonchev–Trinajstić information content (AvgIpc) is 3.66. The number of para-hydroxylation sites is 1. The highest BCUT2D eigenvalue weighted by Crippen LogP contribution is 2.39. The molecule has 0 N–H and O–H groups in total. The summed E-state index contributed by atoms with van der Waals surface area (Å²) < 4.78 is 17.2. The maximum atomic E-state index is 6.32. The molecule has 3 fully saturated rings. The standard InChI is InChI=1S/C24H29NO3/c1-2-6-18(7-3-1)23-8-4-5-9-24(23)28-20-12-10-19(11-13-20)25(14-21-16-26-21)15-22-17-27-22/h4-5,8-13,18,21-22H,1-3,6-7,14-17H2. The van der Waals surface area contributed by atoms with Crippen LogP contribution in [0.25, 0.3) is 0 Å². The zero-order chi connectivity index (χ0) is 18.8. The monoisotopic (exact) mass is 379 g/mol. The highest BCUT2D eigenvalue weighted by molar-refractivity contribution is 5.51. The van der Waals surface area contributed by atoms with Crippen LogP contribution in [-0.2, 0) is 9.47 Å². The first kappa shape index (κ1) is 18.0. The minimum atomic E-state index is 0.372. The minimum absolute atomic E-state index is 0.372. The molecule has 4 nitrogen and oxygen atoms in total. The van der Waals surface area contributed by atoms with Crippen molar-refractivity contribution in [1.82, 2.24) is 0 Å². The molecule has 0 aromatic heterocycles. The molecular weight excluding hydrogens is 350 g/mol. The van der Waals surface area contributed by atoms with Crippen LogP contribution in [0.5, 0.6) is 11.5 Å². The lowest BCUT2D eigenvalue weighted by atomic mass is 9.84. The Hall–Kier alpha value is -2.04. The molecule has 0 bridgehead atoms. The Morgan fingerprint density at radius 1 is 0.821 bits per heavy atom. The van der Waals surface area contributed by atoms with E-state index >= 15 is 0 Å². The summed E-state index contributed by atoms with van der Waals surface area (Å²) in [4.78, 5) is 2.37. The molecule has 2 aliphatic heterocycles. The zero-order valence-corrected chi connectivity index (χ0v) is 16.4. The van der Waals surface area contributed by atoms with Gasteiger partial charge in [-0.3, -0.25) is 0 Å². The first-order valence-corrected chi connectivity index (χ1v) is 10.7. The summed E-state index contributed by atoms with van der Waals surface area (Å²) in [5.74, 6) is 2.55. The number of anilines is 1. The SMILES string of the molecule is c1ccc(C2CCCCC2)c(Oc2ccc(N(CC3CO3)CC3CO3)cc2)c1. The van der Waals surface area contributed by atoms with Crippen molar-refractivity contribution in [3.8, 4) is 11.5 Å². The van der Waals surface area contributed by atoms with E-state index in [9.17, 15) is 0 Å². The molecule has 3 aliphatic rings. The van der Waals surface area contributed by atoms with Gasteiger partial charge in [-0.1, -0.05) is 37.5 Å². The van der Waals surface area contributed by atoms with E-state index in [0.717, 1.165) is 37.8 Å². The second-order valence-corrected chi connectivity index (χ2v) is 8.28. The van der Waals surface area contributed by atoms with Crippen molar-refractivity contribution in [3.05, 3.63) is 54.1 Å². The molecule has 2 heterocycles. The van der Waals surface area contributed by atoms with Crippen molar-refractivity contribution < 1.29 is 14.2 Å². The highest BCUT2D eigenvalue weighted by Gasteiger charge is 2.31. The number of rotatable bonds is 8. The fraction of sp³-hybridized carbons (Fsp3) is 0.500. The average molecular weight is 380 g/mol. The second-order valence-electron chi connectivity index (χ2n) is 8.28. The molecular formula is C24H29NO3. The second kappa shape index (κ2) is 8.14. The molecule has 0 spiro atoms. The third kappa shape index (κ3) is 4.50. The smallest absolute Gasteiger partial charge is 0.130 e. The summed E-state index contributed by atoms with van der Waals surface area (Å²) in [5, 5.41) is 0.